The molecule has 1 amide bonds. The summed E-state index contributed by atoms with van der Waals surface area (Å²) >= 11 is 0. The van der Waals surface area contributed by atoms with Gasteiger partial charge in [-0.05, 0) is 30.5 Å². The van der Waals surface area contributed by atoms with Gasteiger partial charge in [0.1, 0.15) is 5.82 Å². The molecule has 0 aliphatic heterocycles. The number of rotatable bonds is 7. The summed E-state index contributed by atoms with van der Waals surface area (Å²) in [5.41, 5.74) is 0.676. The van der Waals surface area contributed by atoms with Crippen molar-refractivity contribution in [1.82, 2.24) is 16.0 Å². The lowest BCUT2D eigenvalue weighted by atomic mass is 9.84. The van der Waals surface area contributed by atoms with Crippen molar-refractivity contribution in [1.29, 1.82) is 0 Å². The SMILES string of the molecule is CN=C(NCCC(=O)NC1CCCCC1)NCC(C)(C)c1cccc(F)c1.I. The Hall–Kier alpha value is -1.38. The number of aliphatic imine (C=N–C) groups is 1. The van der Waals surface area contributed by atoms with Gasteiger partial charge in [0, 0.05) is 38.0 Å². The molecule has 0 atom stereocenters. The Morgan fingerprint density at radius 1 is 1.21 bits per heavy atom. The Balaban J connectivity index is 0.00000392. The first kappa shape index (κ1) is 24.7. The normalized spacial score (nSPS) is 15.5. The molecular formula is C21H34FIN4O. The number of carbonyl (C=O) groups excluding carboxylic acids is 1. The molecule has 7 heteroatoms. The zero-order valence-electron chi connectivity index (χ0n) is 17.2. The second kappa shape index (κ2) is 12.2. The zero-order chi connectivity index (χ0) is 19.7. The van der Waals surface area contributed by atoms with E-state index < -0.39 is 0 Å². The smallest absolute Gasteiger partial charge is 0.221 e. The number of amides is 1. The Labute approximate surface area is 185 Å². The van der Waals surface area contributed by atoms with E-state index in [0.717, 1.165) is 18.4 Å². The Morgan fingerprint density at radius 3 is 2.57 bits per heavy atom. The minimum Gasteiger partial charge on any atom is -0.356 e. The minimum absolute atomic E-state index is 0. The summed E-state index contributed by atoms with van der Waals surface area (Å²) in [5, 5.41) is 9.56. The van der Waals surface area contributed by atoms with Crippen molar-refractivity contribution in [2.24, 2.45) is 4.99 Å². The van der Waals surface area contributed by atoms with E-state index in [4.69, 9.17) is 0 Å². The quantitative estimate of drug-likeness (QED) is 0.301. The Kier molecular flexibility index (Phi) is 10.8. The number of hydrogen-bond donors (Lipinski definition) is 3. The largest absolute Gasteiger partial charge is 0.356 e. The second-order valence-electron chi connectivity index (χ2n) is 7.90. The first-order valence-corrected chi connectivity index (χ1v) is 9.90. The van der Waals surface area contributed by atoms with Crippen LogP contribution in [-0.4, -0.2) is 38.0 Å². The van der Waals surface area contributed by atoms with Crippen molar-refractivity contribution in [2.75, 3.05) is 20.1 Å². The van der Waals surface area contributed by atoms with Crippen LogP contribution in [0.15, 0.2) is 29.3 Å². The van der Waals surface area contributed by atoms with Gasteiger partial charge in [0.15, 0.2) is 5.96 Å². The number of benzene rings is 1. The molecule has 2 rings (SSSR count). The maximum Gasteiger partial charge on any atom is 0.221 e. The zero-order valence-corrected chi connectivity index (χ0v) is 19.5. The fourth-order valence-corrected chi connectivity index (χ4v) is 3.38. The highest BCUT2D eigenvalue weighted by atomic mass is 127. The monoisotopic (exact) mass is 504 g/mol. The predicted octanol–water partition coefficient (Wildman–Crippen LogP) is 3.73. The fourth-order valence-electron chi connectivity index (χ4n) is 3.38. The Bertz CT molecular complexity index is 645. The van der Waals surface area contributed by atoms with E-state index in [1.165, 1.54) is 25.3 Å². The number of guanidine groups is 1. The molecular weight excluding hydrogens is 470 g/mol. The summed E-state index contributed by atoms with van der Waals surface area (Å²) in [5.74, 6) is 0.502. The molecule has 1 aromatic rings. The first-order chi connectivity index (χ1) is 12.9. The van der Waals surface area contributed by atoms with E-state index in [1.807, 2.05) is 6.07 Å². The van der Waals surface area contributed by atoms with Gasteiger partial charge < -0.3 is 16.0 Å². The van der Waals surface area contributed by atoms with E-state index in [9.17, 15) is 9.18 Å². The predicted molar refractivity (Wildman–Crippen MR) is 124 cm³/mol. The minimum atomic E-state index is -0.252. The average Bonchev–Trinajstić information content (AvgIpc) is 2.65. The van der Waals surface area contributed by atoms with Gasteiger partial charge in [-0.3, -0.25) is 9.79 Å². The van der Waals surface area contributed by atoms with Crippen LogP contribution in [0.5, 0.6) is 0 Å². The fraction of sp³-hybridized carbons (Fsp3) is 0.619. The highest BCUT2D eigenvalue weighted by molar-refractivity contribution is 14.0. The molecule has 1 aliphatic rings. The van der Waals surface area contributed by atoms with Crippen molar-refractivity contribution < 1.29 is 9.18 Å². The molecule has 0 saturated heterocycles. The molecule has 0 spiro atoms. The third-order valence-corrected chi connectivity index (χ3v) is 5.14. The number of carbonyl (C=O) groups is 1. The van der Waals surface area contributed by atoms with Crippen LogP contribution in [0.4, 0.5) is 4.39 Å². The maximum absolute atomic E-state index is 13.5. The molecule has 1 fully saturated rings. The van der Waals surface area contributed by atoms with Crippen LogP contribution in [0.25, 0.3) is 0 Å². The van der Waals surface area contributed by atoms with Crippen molar-refractivity contribution >= 4 is 35.8 Å². The van der Waals surface area contributed by atoms with E-state index in [2.05, 4.69) is 34.8 Å². The highest BCUT2D eigenvalue weighted by Gasteiger charge is 2.21. The standard InChI is InChI=1S/C21H33FN4O.HI/c1-21(2,16-8-7-9-17(22)14-16)15-25-20(23-3)24-13-12-19(27)26-18-10-5-4-6-11-18;/h7-9,14,18H,4-6,10-13,15H2,1-3H3,(H,26,27)(H2,23,24,25);1H. The molecule has 0 unspecified atom stereocenters. The summed E-state index contributed by atoms with van der Waals surface area (Å²) < 4.78 is 13.5. The van der Waals surface area contributed by atoms with Crippen molar-refractivity contribution in [2.45, 2.75) is 63.8 Å². The summed E-state index contributed by atoms with van der Waals surface area (Å²) in [6.45, 7) is 5.24. The summed E-state index contributed by atoms with van der Waals surface area (Å²) in [7, 11) is 1.70. The van der Waals surface area contributed by atoms with Crippen molar-refractivity contribution in [3.63, 3.8) is 0 Å². The van der Waals surface area contributed by atoms with E-state index in [-0.39, 0.29) is 41.1 Å². The van der Waals surface area contributed by atoms with Gasteiger partial charge in [-0.1, -0.05) is 45.2 Å². The van der Waals surface area contributed by atoms with Crippen LogP contribution in [0.2, 0.25) is 0 Å². The molecule has 1 aromatic carbocycles. The summed E-state index contributed by atoms with van der Waals surface area (Å²) in [6.07, 6.45) is 6.31. The molecule has 1 aliphatic carbocycles. The second-order valence-corrected chi connectivity index (χ2v) is 7.90. The van der Waals surface area contributed by atoms with E-state index in [1.54, 1.807) is 19.2 Å². The lowest BCUT2D eigenvalue weighted by Crippen LogP contribution is -2.45. The molecule has 3 N–H and O–H groups in total. The van der Waals surface area contributed by atoms with Crippen LogP contribution in [0.3, 0.4) is 0 Å². The Morgan fingerprint density at radius 2 is 1.93 bits per heavy atom. The summed E-state index contributed by atoms with van der Waals surface area (Å²) in [6, 6.07) is 7.01. The van der Waals surface area contributed by atoms with Crippen LogP contribution < -0.4 is 16.0 Å². The highest BCUT2D eigenvalue weighted by Crippen LogP contribution is 2.22. The maximum atomic E-state index is 13.5. The van der Waals surface area contributed by atoms with Crippen LogP contribution in [0, 0.1) is 5.82 Å². The van der Waals surface area contributed by atoms with Crippen LogP contribution in [-0.2, 0) is 10.2 Å². The van der Waals surface area contributed by atoms with Gasteiger partial charge in [-0.15, -0.1) is 24.0 Å². The van der Waals surface area contributed by atoms with E-state index in [0.29, 0.717) is 31.5 Å². The third-order valence-electron chi connectivity index (χ3n) is 5.14. The van der Waals surface area contributed by atoms with Crippen molar-refractivity contribution in [3.05, 3.63) is 35.6 Å². The molecule has 0 heterocycles. The lowest BCUT2D eigenvalue weighted by molar-refractivity contribution is -0.121. The van der Waals surface area contributed by atoms with Gasteiger partial charge in [0.05, 0.1) is 0 Å². The van der Waals surface area contributed by atoms with Crippen LogP contribution in [0.1, 0.15) is 57.9 Å². The van der Waals surface area contributed by atoms with Gasteiger partial charge >= 0.3 is 0 Å². The molecule has 28 heavy (non-hydrogen) atoms. The molecule has 0 radical (unpaired) electrons. The average molecular weight is 504 g/mol. The third kappa shape index (κ3) is 8.32. The number of halogens is 2. The lowest BCUT2D eigenvalue weighted by Gasteiger charge is -2.27. The van der Waals surface area contributed by atoms with Crippen molar-refractivity contribution in [3.8, 4) is 0 Å². The number of nitrogens with one attached hydrogen (secondary N) is 3. The molecule has 5 nitrogen and oxygen atoms in total. The molecule has 1 saturated carbocycles. The van der Waals surface area contributed by atoms with Gasteiger partial charge in [0.25, 0.3) is 0 Å². The molecule has 0 aromatic heterocycles. The van der Waals surface area contributed by atoms with Gasteiger partial charge in [0.2, 0.25) is 5.91 Å². The molecule has 0 bridgehead atoms. The van der Waals surface area contributed by atoms with E-state index >= 15 is 0 Å². The topological polar surface area (TPSA) is 65.5 Å². The first-order valence-electron chi connectivity index (χ1n) is 9.90. The molecule has 158 valence electrons. The summed E-state index contributed by atoms with van der Waals surface area (Å²) in [4.78, 5) is 16.3. The van der Waals surface area contributed by atoms with Gasteiger partial charge in [-0.25, -0.2) is 4.39 Å². The van der Waals surface area contributed by atoms with Crippen LogP contribution >= 0.6 is 24.0 Å². The van der Waals surface area contributed by atoms with Gasteiger partial charge in [-0.2, -0.15) is 0 Å². The number of hydrogen-bond acceptors (Lipinski definition) is 2. The number of nitrogens with zero attached hydrogens (tertiary/aromatic N) is 1.